The van der Waals surface area contributed by atoms with Gasteiger partial charge in [0.25, 0.3) is 5.91 Å². The molecule has 24 heavy (non-hydrogen) atoms. The minimum Gasteiger partial charge on any atom is -0.450 e. The molecule has 3 aromatic rings. The first-order valence-electron chi connectivity index (χ1n) is 8.83. The number of carbonyl (C=O) groups is 1. The van der Waals surface area contributed by atoms with Gasteiger partial charge in [0.05, 0.1) is 0 Å². The number of hydrogen-bond donors (Lipinski definition) is 1. The smallest absolute Gasteiger partial charge is 0.287 e. The van der Waals surface area contributed by atoms with Crippen LogP contribution in [0.3, 0.4) is 0 Å². The van der Waals surface area contributed by atoms with Crippen molar-refractivity contribution < 1.29 is 9.21 Å². The van der Waals surface area contributed by atoms with E-state index in [0.29, 0.717) is 5.76 Å². The topological polar surface area (TPSA) is 42.2 Å². The first-order chi connectivity index (χ1) is 11.6. The summed E-state index contributed by atoms with van der Waals surface area (Å²) in [5.41, 5.74) is 1.71. The summed E-state index contributed by atoms with van der Waals surface area (Å²) in [4.78, 5) is 12.6. The van der Waals surface area contributed by atoms with Gasteiger partial charge in [-0.05, 0) is 25.7 Å². The van der Waals surface area contributed by atoms with E-state index in [9.17, 15) is 4.79 Å². The van der Waals surface area contributed by atoms with Crippen LogP contribution < -0.4 is 5.32 Å². The van der Waals surface area contributed by atoms with Crippen molar-refractivity contribution in [1.82, 2.24) is 5.32 Å². The van der Waals surface area contributed by atoms with Crippen LogP contribution in [0, 0.1) is 6.92 Å². The number of hydrogen-bond acceptors (Lipinski definition) is 2. The van der Waals surface area contributed by atoms with Gasteiger partial charge in [-0.25, -0.2) is 0 Å². The second kappa shape index (κ2) is 7.08. The summed E-state index contributed by atoms with van der Waals surface area (Å²) in [6.07, 6.45) is 4.54. The fourth-order valence-corrected chi connectivity index (χ4v) is 3.23. The normalized spacial score (nSPS) is 12.6. The van der Waals surface area contributed by atoms with Crippen molar-refractivity contribution >= 4 is 27.6 Å². The third-order valence-corrected chi connectivity index (χ3v) is 4.65. The Morgan fingerprint density at radius 1 is 1.12 bits per heavy atom. The van der Waals surface area contributed by atoms with E-state index < -0.39 is 0 Å². The summed E-state index contributed by atoms with van der Waals surface area (Å²) in [6.45, 7) is 6.20. The molecule has 0 saturated heterocycles. The fraction of sp³-hybridized carbons (Fsp3) is 0.381. The van der Waals surface area contributed by atoms with Crippen molar-refractivity contribution in [3.63, 3.8) is 0 Å². The molecule has 126 valence electrons. The lowest BCUT2D eigenvalue weighted by molar-refractivity contribution is 0.0911. The van der Waals surface area contributed by atoms with Crippen molar-refractivity contribution in [3.05, 3.63) is 47.7 Å². The maximum atomic E-state index is 12.6. The third kappa shape index (κ3) is 3.16. The second-order valence-electron chi connectivity index (χ2n) is 6.59. The van der Waals surface area contributed by atoms with Gasteiger partial charge in [0, 0.05) is 22.4 Å². The van der Waals surface area contributed by atoms with Gasteiger partial charge in [-0.3, -0.25) is 4.79 Å². The molecular weight excluding hydrogens is 298 g/mol. The average Bonchev–Trinajstić information content (AvgIpc) is 2.92. The summed E-state index contributed by atoms with van der Waals surface area (Å²) in [5, 5.41) is 6.26. The first-order valence-corrected chi connectivity index (χ1v) is 8.83. The maximum absolute atomic E-state index is 12.6. The molecule has 1 atom stereocenters. The molecule has 3 nitrogen and oxygen atoms in total. The summed E-state index contributed by atoms with van der Waals surface area (Å²) in [5.74, 6) is 0.320. The van der Waals surface area contributed by atoms with Crippen molar-refractivity contribution in [2.24, 2.45) is 0 Å². The van der Waals surface area contributed by atoms with Crippen LogP contribution in [-0.2, 0) is 0 Å². The summed E-state index contributed by atoms with van der Waals surface area (Å²) in [6, 6.07) is 12.4. The van der Waals surface area contributed by atoms with Crippen LogP contribution in [0.2, 0.25) is 0 Å². The number of benzene rings is 2. The largest absolute Gasteiger partial charge is 0.450 e. The molecule has 1 amide bonds. The standard InChI is InChI=1S/C21H25NO2/c1-4-5-6-9-14(2)22-21(23)19-15(3)17-13-12-16-10-7-8-11-18(16)20(17)24-19/h7-8,10-14H,4-6,9H2,1-3H3,(H,22,23)/t14-/m1/s1. The molecule has 0 radical (unpaired) electrons. The highest BCUT2D eigenvalue weighted by atomic mass is 16.3. The molecule has 0 bridgehead atoms. The molecule has 0 spiro atoms. The van der Waals surface area contributed by atoms with Gasteiger partial charge in [0.1, 0.15) is 5.58 Å². The minimum absolute atomic E-state index is 0.114. The molecule has 1 heterocycles. The summed E-state index contributed by atoms with van der Waals surface area (Å²) < 4.78 is 5.99. The van der Waals surface area contributed by atoms with Crippen molar-refractivity contribution in [1.29, 1.82) is 0 Å². The molecule has 1 N–H and O–H groups in total. The van der Waals surface area contributed by atoms with Crippen LogP contribution >= 0.6 is 0 Å². The Labute approximate surface area is 143 Å². The Kier molecular flexibility index (Phi) is 4.89. The van der Waals surface area contributed by atoms with Crippen molar-refractivity contribution in [3.8, 4) is 0 Å². The Morgan fingerprint density at radius 3 is 2.71 bits per heavy atom. The van der Waals surface area contributed by atoms with E-state index in [1.54, 1.807) is 0 Å². The van der Waals surface area contributed by atoms with E-state index in [4.69, 9.17) is 4.42 Å². The van der Waals surface area contributed by atoms with Crippen LogP contribution in [0.5, 0.6) is 0 Å². The molecule has 0 aliphatic carbocycles. The lowest BCUT2D eigenvalue weighted by atomic mass is 10.1. The predicted octanol–water partition coefficient (Wildman–Crippen LogP) is 5.59. The van der Waals surface area contributed by atoms with Gasteiger partial charge in [-0.1, -0.05) is 62.6 Å². The van der Waals surface area contributed by atoms with Crippen LogP contribution in [0.25, 0.3) is 21.7 Å². The second-order valence-corrected chi connectivity index (χ2v) is 6.59. The number of furan rings is 1. The monoisotopic (exact) mass is 323 g/mol. The van der Waals surface area contributed by atoms with Gasteiger partial charge in [-0.2, -0.15) is 0 Å². The number of rotatable bonds is 6. The molecule has 0 aliphatic heterocycles. The number of nitrogens with one attached hydrogen (secondary N) is 1. The number of carbonyl (C=O) groups excluding carboxylic acids is 1. The van der Waals surface area contributed by atoms with Crippen LogP contribution in [0.15, 0.2) is 40.8 Å². The molecule has 3 rings (SSSR count). The Morgan fingerprint density at radius 2 is 1.92 bits per heavy atom. The molecule has 2 aromatic carbocycles. The quantitative estimate of drug-likeness (QED) is 0.601. The zero-order chi connectivity index (χ0) is 17.1. The van der Waals surface area contributed by atoms with E-state index in [-0.39, 0.29) is 11.9 Å². The number of unbranched alkanes of at least 4 members (excludes halogenated alkanes) is 2. The number of fused-ring (bicyclic) bond motifs is 3. The van der Waals surface area contributed by atoms with E-state index in [1.165, 1.54) is 12.8 Å². The van der Waals surface area contributed by atoms with E-state index in [0.717, 1.165) is 40.1 Å². The van der Waals surface area contributed by atoms with Crippen LogP contribution in [-0.4, -0.2) is 11.9 Å². The summed E-state index contributed by atoms with van der Waals surface area (Å²) in [7, 11) is 0. The van der Waals surface area contributed by atoms with Gasteiger partial charge in [0.15, 0.2) is 5.76 Å². The molecule has 0 aliphatic rings. The lowest BCUT2D eigenvalue weighted by Crippen LogP contribution is -2.32. The highest BCUT2D eigenvalue weighted by molar-refractivity contribution is 6.08. The van der Waals surface area contributed by atoms with Crippen molar-refractivity contribution in [2.45, 2.75) is 52.5 Å². The molecule has 0 fully saturated rings. The van der Waals surface area contributed by atoms with Gasteiger partial charge >= 0.3 is 0 Å². The Hall–Kier alpha value is -2.29. The molecule has 0 unspecified atom stereocenters. The van der Waals surface area contributed by atoms with E-state index in [2.05, 4.69) is 31.3 Å². The minimum atomic E-state index is -0.114. The van der Waals surface area contributed by atoms with Gasteiger partial charge in [-0.15, -0.1) is 0 Å². The van der Waals surface area contributed by atoms with Crippen molar-refractivity contribution in [2.75, 3.05) is 0 Å². The zero-order valence-corrected chi connectivity index (χ0v) is 14.7. The average molecular weight is 323 g/mol. The van der Waals surface area contributed by atoms with Gasteiger partial charge < -0.3 is 9.73 Å². The van der Waals surface area contributed by atoms with E-state index in [1.807, 2.05) is 31.2 Å². The molecule has 1 aromatic heterocycles. The first kappa shape index (κ1) is 16.6. The van der Waals surface area contributed by atoms with Crippen LogP contribution in [0.1, 0.15) is 55.6 Å². The predicted molar refractivity (Wildman–Crippen MR) is 99.5 cm³/mol. The fourth-order valence-electron chi connectivity index (χ4n) is 3.23. The van der Waals surface area contributed by atoms with Gasteiger partial charge in [0.2, 0.25) is 0 Å². The Balaban J connectivity index is 1.88. The number of aryl methyl sites for hydroxylation is 1. The third-order valence-electron chi connectivity index (χ3n) is 4.65. The number of amides is 1. The molecule has 3 heteroatoms. The summed E-state index contributed by atoms with van der Waals surface area (Å²) >= 11 is 0. The van der Waals surface area contributed by atoms with Crippen LogP contribution in [0.4, 0.5) is 0 Å². The maximum Gasteiger partial charge on any atom is 0.287 e. The zero-order valence-electron chi connectivity index (χ0n) is 14.7. The highest BCUT2D eigenvalue weighted by Gasteiger charge is 2.20. The lowest BCUT2D eigenvalue weighted by Gasteiger charge is -2.12. The van der Waals surface area contributed by atoms with E-state index >= 15 is 0 Å². The highest BCUT2D eigenvalue weighted by Crippen LogP contribution is 2.31. The molecule has 0 saturated carbocycles. The SMILES string of the molecule is CCCCC[C@@H](C)NC(=O)c1oc2c(ccc3ccccc32)c1C. The molecular formula is C21H25NO2. The Bertz CT molecular complexity index is 863.